The van der Waals surface area contributed by atoms with Crippen molar-refractivity contribution in [1.82, 2.24) is 21.3 Å². The Morgan fingerprint density at radius 3 is 2.04 bits per heavy atom. The standard InChI is InChI=1S/C13H24N4O4S2/c1-3-5-6-14-12(20)17-11(19)9-23-22-8-7-15-13(21)16-10(18)4-2/h3-9H2,1-2H3,(H2,14,17,19,20)(H2,15,16,18,21). The maximum Gasteiger partial charge on any atom is 0.321 e. The van der Waals surface area contributed by atoms with E-state index in [1.54, 1.807) is 6.92 Å². The Labute approximate surface area is 144 Å². The van der Waals surface area contributed by atoms with E-state index in [1.165, 1.54) is 21.6 Å². The van der Waals surface area contributed by atoms with Gasteiger partial charge in [0.25, 0.3) is 0 Å². The summed E-state index contributed by atoms with van der Waals surface area (Å²) in [6.07, 6.45) is 2.09. The second-order valence-corrected chi connectivity index (χ2v) is 6.98. The van der Waals surface area contributed by atoms with Gasteiger partial charge in [0.15, 0.2) is 0 Å². The molecular weight excluding hydrogens is 340 g/mol. The van der Waals surface area contributed by atoms with Gasteiger partial charge >= 0.3 is 12.1 Å². The quantitative estimate of drug-likeness (QED) is 0.342. The molecule has 0 radical (unpaired) electrons. The minimum Gasteiger partial charge on any atom is -0.338 e. The third-order valence-corrected chi connectivity index (χ3v) is 4.66. The lowest BCUT2D eigenvalue weighted by Crippen LogP contribution is -2.40. The zero-order valence-corrected chi connectivity index (χ0v) is 15.0. The number of nitrogens with one attached hydrogen (secondary N) is 4. The molecule has 0 aromatic rings. The SMILES string of the molecule is CCCCNC(=O)NC(=O)CSSCCNC(=O)NC(=O)CC. The van der Waals surface area contributed by atoms with E-state index in [1.807, 2.05) is 6.92 Å². The van der Waals surface area contributed by atoms with Gasteiger partial charge in [-0.05, 0) is 6.42 Å². The molecule has 0 aromatic carbocycles. The first kappa shape index (κ1) is 21.6. The summed E-state index contributed by atoms with van der Waals surface area (Å²) in [5.41, 5.74) is 0. The molecule has 0 fully saturated rings. The van der Waals surface area contributed by atoms with Crippen LogP contribution in [0.15, 0.2) is 0 Å². The van der Waals surface area contributed by atoms with Crippen LogP contribution in [0.1, 0.15) is 33.1 Å². The number of rotatable bonds is 10. The lowest BCUT2D eigenvalue weighted by molar-refractivity contribution is -0.120. The number of hydrogen-bond acceptors (Lipinski definition) is 6. The van der Waals surface area contributed by atoms with Crippen LogP contribution in [0.2, 0.25) is 0 Å². The first-order valence-electron chi connectivity index (χ1n) is 7.39. The van der Waals surface area contributed by atoms with Crippen LogP contribution in [0.3, 0.4) is 0 Å². The predicted molar refractivity (Wildman–Crippen MR) is 93.2 cm³/mol. The lowest BCUT2D eigenvalue weighted by atomic mass is 10.3. The van der Waals surface area contributed by atoms with Crippen LogP contribution in [0.4, 0.5) is 9.59 Å². The summed E-state index contributed by atoms with van der Waals surface area (Å²) < 4.78 is 0. The molecule has 6 amide bonds. The number of hydrogen-bond donors (Lipinski definition) is 4. The van der Waals surface area contributed by atoms with E-state index in [0.29, 0.717) is 18.8 Å². The third-order valence-electron chi connectivity index (χ3n) is 2.39. The minimum absolute atomic E-state index is 0.145. The Bertz CT molecular complexity index is 407. The van der Waals surface area contributed by atoms with Crippen LogP contribution in [0.25, 0.3) is 0 Å². The second kappa shape index (κ2) is 14.2. The van der Waals surface area contributed by atoms with Gasteiger partial charge in [0.1, 0.15) is 0 Å². The fourth-order valence-electron chi connectivity index (χ4n) is 1.21. The highest BCUT2D eigenvalue weighted by Gasteiger charge is 2.07. The Hall–Kier alpha value is -1.42. The largest absolute Gasteiger partial charge is 0.338 e. The van der Waals surface area contributed by atoms with Gasteiger partial charge in [-0.3, -0.25) is 20.2 Å². The molecule has 0 saturated heterocycles. The Kier molecular flexibility index (Phi) is 13.3. The van der Waals surface area contributed by atoms with Crippen LogP contribution in [-0.4, -0.2) is 48.5 Å². The molecular formula is C13H24N4O4S2. The first-order valence-corrected chi connectivity index (χ1v) is 9.88. The average Bonchev–Trinajstić information content (AvgIpc) is 2.50. The number of carbonyl (C=O) groups is 4. The van der Waals surface area contributed by atoms with E-state index in [-0.39, 0.29) is 24.0 Å². The molecule has 0 aliphatic carbocycles. The van der Waals surface area contributed by atoms with E-state index in [2.05, 4.69) is 21.3 Å². The fourth-order valence-corrected chi connectivity index (χ4v) is 2.95. The molecule has 0 spiro atoms. The van der Waals surface area contributed by atoms with E-state index in [9.17, 15) is 19.2 Å². The molecule has 0 heterocycles. The lowest BCUT2D eigenvalue weighted by Gasteiger charge is -2.06. The molecule has 0 aromatic heterocycles. The molecule has 23 heavy (non-hydrogen) atoms. The van der Waals surface area contributed by atoms with Gasteiger partial charge in [-0.15, -0.1) is 0 Å². The summed E-state index contributed by atoms with van der Waals surface area (Å²) in [4.78, 5) is 44.9. The zero-order valence-electron chi connectivity index (χ0n) is 13.4. The highest BCUT2D eigenvalue weighted by molar-refractivity contribution is 8.76. The van der Waals surface area contributed by atoms with Crippen molar-refractivity contribution in [3.05, 3.63) is 0 Å². The van der Waals surface area contributed by atoms with Crippen LogP contribution in [-0.2, 0) is 9.59 Å². The van der Waals surface area contributed by atoms with Gasteiger partial charge in [-0.2, -0.15) is 0 Å². The Morgan fingerprint density at radius 1 is 0.826 bits per heavy atom. The van der Waals surface area contributed by atoms with Gasteiger partial charge in [-0.1, -0.05) is 41.9 Å². The van der Waals surface area contributed by atoms with Crippen molar-refractivity contribution in [3.63, 3.8) is 0 Å². The van der Waals surface area contributed by atoms with Crippen LogP contribution in [0.5, 0.6) is 0 Å². The summed E-state index contributed by atoms with van der Waals surface area (Å²) in [5.74, 6) is 0.0231. The molecule has 0 rings (SSSR count). The summed E-state index contributed by atoms with van der Waals surface area (Å²) in [7, 11) is 2.68. The van der Waals surface area contributed by atoms with Crippen molar-refractivity contribution in [1.29, 1.82) is 0 Å². The van der Waals surface area contributed by atoms with Crippen LogP contribution in [0, 0.1) is 0 Å². The third kappa shape index (κ3) is 13.9. The van der Waals surface area contributed by atoms with Gasteiger partial charge < -0.3 is 10.6 Å². The highest BCUT2D eigenvalue weighted by Crippen LogP contribution is 2.19. The van der Waals surface area contributed by atoms with Gasteiger partial charge in [-0.25, -0.2) is 9.59 Å². The topological polar surface area (TPSA) is 116 Å². The maximum absolute atomic E-state index is 11.5. The monoisotopic (exact) mass is 364 g/mol. The molecule has 10 heteroatoms. The molecule has 0 atom stereocenters. The van der Waals surface area contributed by atoms with E-state index >= 15 is 0 Å². The number of amides is 6. The Balaban J connectivity index is 3.53. The smallest absolute Gasteiger partial charge is 0.321 e. The summed E-state index contributed by atoms with van der Waals surface area (Å²) in [6.45, 7) is 4.59. The van der Waals surface area contributed by atoms with Crippen LogP contribution >= 0.6 is 21.6 Å². The maximum atomic E-state index is 11.5. The summed E-state index contributed by atoms with van der Waals surface area (Å²) >= 11 is 0. The van der Waals surface area contributed by atoms with Crippen LogP contribution < -0.4 is 21.3 Å². The van der Waals surface area contributed by atoms with Crippen molar-refractivity contribution >= 4 is 45.5 Å². The number of urea groups is 2. The van der Waals surface area contributed by atoms with Crippen molar-refractivity contribution in [2.45, 2.75) is 33.1 Å². The minimum atomic E-state index is -0.524. The molecule has 4 N–H and O–H groups in total. The second-order valence-electron chi connectivity index (χ2n) is 4.40. The van der Waals surface area contributed by atoms with Gasteiger partial charge in [0.05, 0.1) is 5.75 Å². The van der Waals surface area contributed by atoms with E-state index in [0.717, 1.165) is 12.8 Å². The van der Waals surface area contributed by atoms with E-state index < -0.39 is 12.1 Å². The van der Waals surface area contributed by atoms with Crippen molar-refractivity contribution in [2.24, 2.45) is 0 Å². The number of unbranched alkanes of at least 4 members (excludes halogenated alkanes) is 1. The molecule has 0 aliphatic heterocycles. The van der Waals surface area contributed by atoms with Gasteiger partial charge in [0, 0.05) is 25.3 Å². The van der Waals surface area contributed by atoms with Gasteiger partial charge in [0.2, 0.25) is 11.8 Å². The summed E-state index contributed by atoms with van der Waals surface area (Å²) in [5, 5.41) is 9.52. The predicted octanol–water partition coefficient (Wildman–Crippen LogP) is 1.23. The molecule has 0 aliphatic rings. The highest BCUT2D eigenvalue weighted by atomic mass is 33.1. The molecule has 0 saturated carbocycles. The van der Waals surface area contributed by atoms with Crippen molar-refractivity contribution < 1.29 is 19.2 Å². The molecule has 132 valence electrons. The first-order chi connectivity index (χ1) is 11.0. The molecule has 0 unspecified atom stereocenters. The Morgan fingerprint density at radius 2 is 1.43 bits per heavy atom. The number of carbonyl (C=O) groups excluding carboxylic acids is 4. The normalized spacial score (nSPS) is 9.83. The zero-order chi connectivity index (χ0) is 17.5. The average molecular weight is 364 g/mol. The van der Waals surface area contributed by atoms with E-state index in [4.69, 9.17) is 0 Å². The molecule has 0 bridgehead atoms. The van der Waals surface area contributed by atoms with Crippen molar-refractivity contribution in [2.75, 3.05) is 24.6 Å². The van der Waals surface area contributed by atoms with Crippen molar-refractivity contribution in [3.8, 4) is 0 Å². The fraction of sp³-hybridized carbons (Fsp3) is 0.692. The molecule has 8 nitrogen and oxygen atoms in total. The summed E-state index contributed by atoms with van der Waals surface area (Å²) in [6, 6.07) is -1.00. The number of imide groups is 2.